The van der Waals surface area contributed by atoms with Gasteiger partial charge < -0.3 is 15.7 Å². The van der Waals surface area contributed by atoms with Crippen LogP contribution >= 0.6 is 46.7 Å². The van der Waals surface area contributed by atoms with Crippen molar-refractivity contribution in [3.8, 4) is 0 Å². The van der Waals surface area contributed by atoms with Gasteiger partial charge in [-0.2, -0.15) is 3.89 Å². The minimum Gasteiger partial charge on any atom is -0.394 e. The van der Waals surface area contributed by atoms with E-state index in [0.29, 0.717) is 20.0 Å². The summed E-state index contributed by atoms with van der Waals surface area (Å²) in [6.45, 7) is 0.339. The predicted molar refractivity (Wildman–Crippen MR) is 88.7 cm³/mol. The largest absolute Gasteiger partial charge is 0.394 e. The van der Waals surface area contributed by atoms with Crippen molar-refractivity contribution in [2.45, 2.75) is 10.4 Å². The van der Waals surface area contributed by atoms with Crippen LogP contribution in [0.1, 0.15) is 9.67 Å². The highest BCUT2D eigenvalue weighted by atomic mass is 35.5. The third-order valence-corrected chi connectivity index (χ3v) is 5.87. The molecule has 9 heteroatoms. The summed E-state index contributed by atoms with van der Waals surface area (Å²) in [7, 11) is 0. The smallest absolute Gasteiger partial charge is 0.265 e. The monoisotopic (exact) mass is 380 g/mol. The number of carbonyl (C=O) groups excluding carboxylic acids is 1. The summed E-state index contributed by atoms with van der Waals surface area (Å²) in [5.41, 5.74) is 5.10. The highest BCUT2D eigenvalue weighted by Crippen LogP contribution is 2.43. The van der Waals surface area contributed by atoms with E-state index in [1.54, 1.807) is 6.07 Å². The van der Waals surface area contributed by atoms with E-state index in [1.807, 2.05) is 0 Å². The second-order valence-corrected chi connectivity index (χ2v) is 7.74. The van der Waals surface area contributed by atoms with Crippen LogP contribution in [0, 0.1) is 0 Å². The molecule has 0 radical (unpaired) electrons. The first-order valence-corrected chi connectivity index (χ1v) is 8.56. The zero-order valence-electron chi connectivity index (χ0n) is 11.1. The minimum atomic E-state index is -0.748. The molecule has 0 spiro atoms. The molecule has 1 saturated heterocycles. The SMILES string of the molecule is NC1(CO)CN(C(=O)c2sc3cc(Cl)cc(SF)c3c2Cl)C1. The van der Waals surface area contributed by atoms with E-state index in [0.717, 1.165) is 0 Å². The van der Waals surface area contributed by atoms with Crippen molar-refractivity contribution in [2.75, 3.05) is 19.7 Å². The highest BCUT2D eigenvalue weighted by Gasteiger charge is 2.42. The van der Waals surface area contributed by atoms with Crippen LogP contribution < -0.4 is 5.73 Å². The molecular weight excluding hydrogens is 370 g/mol. The molecule has 1 aliphatic heterocycles. The first kappa shape index (κ1) is 16.3. The maximum atomic E-state index is 13.1. The molecule has 1 aliphatic rings. The number of hydrogen-bond donors (Lipinski definition) is 2. The summed E-state index contributed by atoms with van der Waals surface area (Å²) in [6.07, 6.45) is 0. The minimum absolute atomic E-state index is 0.0430. The Morgan fingerprint density at radius 1 is 1.50 bits per heavy atom. The first-order valence-electron chi connectivity index (χ1n) is 6.28. The molecule has 1 aromatic heterocycles. The molecule has 0 unspecified atom stereocenters. The molecular formula is C13H11Cl2FN2O2S2. The van der Waals surface area contributed by atoms with Crippen LogP contribution in [0.15, 0.2) is 17.0 Å². The number of nitrogens with two attached hydrogens (primary N) is 1. The van der Waals surface area contributed by atoms with E-state index >= 15 is 0 Å². The Balaban J connectivity index is 1.99. The van der Waals surface area contributed by atoms with E-state index in [2.05, 4.69) is 0 Å². The average Bonchev–Trinajstić information content (AvgIpc) is 2.79. The van der Waals surface area contributed by atoms with E-state index in [4.69, 9.17) is 34.0 Å². The number of aliphatic hydroxyl groups excluding tert-OH is 1. The van der Waals surface area contributed by atoms with Gasteiger partial charge in [0.2, 0.25) is 0 Å². The van der Waals surface area contributed by atoms with Gasteiger partial charge in [0.05, 0.1) is 34.2 Å². The van der Waals surface area contributed by atoms with Gasteiger partial charge in [-0.25, -0.2) is 0 Å². The van der Waals surface area contributed by atoms with Gasteiger partial charge in [0.1, 0.15) is 4.88 Å². The number of halogens is 3. The number of thiophene rings is 1. The maximum Gasteiger partial charge on any atom is 0.265 e. The van der Waals surface area contributed by atoms with Crippen LogP contribution in [0.5, 0.6) is 0 Å². The van der Waals surface area contributed by atoms with Crippen molar-refractivity contribution in [1.29, 1.82) is 0 Å². The molecule has 2 aromatic rings. The van der Waals surface area contributed by atoms with Crippen LogP contribution in [-0.2, 0) is 0 Å². The van der Waals surface area contributed by atoms with Crippen molar-refractivity contribution in [3.63, 3.8) is 0 Å². The number of carbonyl (C=O) groups is 1. The number of benzene rings is 1. The van der Waals surface area contributed by atoms with Crippen LogP contribution in [0.2, 0.25) is 10.0 Å². The fourth-order valence-electron chi connectivity index (χ4n) is 2.42. The average molecular weight is 381 g/mol. The van der Waals surface area contributed by atoms with Gasteiger partial charge >= 0.3 is 0 Å². The number of fused-ring (bicyclic) bond motifs is 1. The van der Waals surface area contributed by atoms with Gasteiger partial charge in [0.15, 0.2) is 0 Å². The van der Waals surface area contributed by atoms with Crippen molar-refractivity contribution >= 4 is 62.7 Å². The van der Waals surface area contributed by atoms with E-state index < -0.39 is 5.54 Å². The van der Waals surface area contributed by atoms with Gasteiger partial charge in [0, 0.05) is 28.2 Å². The Kier molecular flexibility index (Phi) is 4.30. The van der Waals surface area contributed by atoms with E-state index in [-0.39, 0.29) is 47.7 Å². The predicted octanol–water partition coefficient (Wildman–Crippen LogP) is 3.33. The number of nitrogens with zero attached hydrogens (tertiary/aromatic N) is 1. The highest BCUT2D eigenvalue weighted by molar-refractivity contribution is 7.94. The Morgan fingerprint density at radius 3 is 2.77 bits per heavy atom. The van der Waals surface area contributed by atoms with E-state index in [1.165, 1.54) is 22.3 Å². The molecule has 3 rings (SSSR count). The molecule has 0 bridgehead atoms. The molecule has 0 saturated carbocycles. The van der Waals surface area contributed by atoms with E-state index in [9.17, 15) is 8.68 Å². The molecule has 0 atom stereocenters. The molecule has 0 aliphatic carbocycles. The fourth-order valence-corrected chi connectivity index (χ4v) is 4.94. The van der Waals surface area contributed by atoms with Crippen molar-refractivity contribution < 1.29 is 13.8 Å². The molecule has 1 amide bonds. The normalized spacial score (nSPS) is 16.9. The van der Waals surface area contributed by atoms with Crippen LogP contribution in [-0.4, -0.2) is 41.1 Å². The molecule has 4 nitrogen and oxygen atoms in total. The molecule has 1 fully saturated rings. The van der Waals surface area contributed by atoms with Crippen LogP contribution in [0.25, 0.3) is 10.1 Å². The Morgan fingerprint density at radius 2 is 2.18 bits per heavy atom. The Labute approximate surface area is 144 Å². The van der Waals surface area contributed by atoms with Gasteiger partial charge in [-0.1, -0.05) is 23.2 Å². The zero-order chi connectivity index (χ0) is 16.1. The van der Waals surface area contributed by atoms with Crippen molar-refractivity contribution in [2.24, 2.45) is 5.73 Å². The summed E-state index contributed by atoms with van der Waals surface area (Å²) in [4.78, 5) is 14.6. The Bertz CT molecular complexity index is 762. The summed E-state index contributed by atoms with van der Waals surface area (Å²) in [5, 5.41) is 10.2. The van der Waals surface area contributed by atoms with Crippen LogP contribution in [0.3, 0.4) is 0 Å². The van der Waals surface area contributed by atoms with Crippen LogP contribution in [0.4, 0.5) is 3.89 Å². The number of amides is 1. The fraction of sp³-hybridized carbons (Fsp3) is 0.308. The standard InChI is InChI=1S/C13H11Cl2FN2O2S2/c14-6-1-7-9(8(2-6)22-16)10(15)11(21-7)12(20)18-3-13(17,4-18)5-19/h1-2,19H,3-5,17H2. The van der Waals surface area contributed by atoms with Crippen molar-refractivity contribution in [1.82, 2.24) is 4.90 Å². The Hall–Kier alpha value is -0.570. The second-order valence-electron chi connectivity index (χ2n) is 5.28. The summed E-state index contributed by atoms with van der Waals surface area (Å²) < 4.78 is 13.7. The summed E-state index contributed by atoms with van der Waals surface area (Å²) in [5.74, 6) is -0.272. The number of hydrogen-bond acceptors (Lipinski definition) is 5. The first-order chi connectivity index (χ1) is 10.4. The molecule has 118 valence electrons. The van der Waals surface area contributed by atoms with Gasteiger partial charge in [0.25, 0.3) is 5.91 Å². The lowest BCUT2D eigenvalue weighted by Crippen LogP contribution is -2.70. The second kappa shape index (κ2) is 5.81. The van der Waals surface area contributed by atoms with Crippen molar-refractivity contribution in [3.05, 3.63) is 27.1 Å². The molecule has 1 aromatic carbocycles. The number of aliphatic hydroxyl groups is 1. The lowest BCUT2D eigenvalue weighted by molar-refractivity contribution is 0.0223. The lowest BCUT2D eigenvalue weighted by atomic mass is 9.92. The number of rotatable bonds is 3. The summed E-state index contributed by atoms with van der Waals surface area (Å²) >= 11 is 13.4. The number of likely N-dealkylation sites (tertiary alicyclic amines) is 1. The molecule has 22 heavy (non-hydrogen) atoms. The van der Waals surface area contributed by atoms with Gasteiger partial charge in [-0.05, 0) is 12.1 Å². The molecule has 3 N–H and O–H groups in total. The third kappa shape index (κ3) is 2.60. The molecule has 2 heterocycles. The van der Waals surface area contributed by atoms with Gasteiger partial charge in [-0.15, -0.1) is 11.3 Å². The topological polar surface area (TPSA) is 66.6 Å². The third-order valence-electron chi connectivity index (χ3n) is 3.55. The van der Waals surface area contributed by atoms with Gasteiger partial charge in [-0.3, -0.25) is 4.79 Å². The maximum absolute atomic E-state index is 13.1. The quantitative estimate of drug-likeness (QED) is 0.856. The zero-order valence-corrected chi connectivity index (χ0v) is 14.3. The lowest BCUT2D eigenvalue weighted by Gasteiger charge is -2.46. The summed E-state index contributed by atoms with van der Waals surface area (Å²) in [6, 6.07) is 3.13.